The number of pyridine rings is 1. The van der Waals surface area contributed by atoms with E-state index in [-0.39, 0.29) is 0 Å². The third-order valence-corrected chi connectivity index (χ3v) is 3.61. The van der Waals surface area contributed by atoms with Crippen LogP contribution in [0.2, 0.25) is 0 Å². The number of nitrogen functional groups attached to an aromatic ring is 1. The molecule has 5 nitrogen and oxygen atoms in total. The van der Waals surface area contributed by atoms with E-state index in [0.717, 1.165) is 39.4 Å². The number of ether oxygens (including phenoxy) is 1. The third kappa shape index (κ3) is 2.11. The van der Waals surface area contributed by atoms with Gasteiger partial charge in [0.2, 0.25) is 5.88 Å². The molecule has 0 amide bonds. The average molecular weight is 282 g/mol. The van der Waals surface area contributed by atoms with E-state index in [4.69, 9.17) is 10.5 Å². The lowest BCUT2D eigenvalue weighted by Crippen LogP contribution is -2.02. The zero-order chi connectivity index (χ0) is 15.1. The SMILES string of the molecule is COc1ccc(-c2c(C)cc3c(N)cc(C)nn23)c(C)n1. The van der Waals surface area contributed by atoms with Crippen LogP contribution in [0.5, 0.6) is 5.88 Å². The normalized spacial score (nSPS) is 11.0. The molecule has 0 aromatic carbocycles. The van der Waals surface area contributed by atoms with Gasteiger partial charge >= 0.3 is 0 Å². The molecule has 5 heteroatoms. The molecule has 0 aliphatic carbocycles. The number of nitrogens with zero attached hydrogens (tertiary/aromatic N) is 3. The first kappa shape index (κ1) is 13.4. The van der Waals surface area contributed by atoms with Crippen LogP contribution < -0.4 is 10.5 Å². The summed E-state index contributed by atoms with van der Waals surface area (Å²) in [4.78, 5) is 4.45. The Kier molecular flexibility index (Phi) is 3.05. The maximum Gasteiger partial charge on any atom is 0.213 e. The molecule has 108 valence electrons. The molecule has 3 rings (SSSR count). The van der Waals surface area contributed by atoms with Gasteiger partial charge in [-0.2, -0.15) is 5.10 Å². The second kappa shape index (κ2) is 4.77. The zero-order valence-electron chi connectivity index (χ0n) is 12.6. The van der Waals surface area contributed by atoms with Crippen LogP contribution in [0.4, 0.5) is 5.69 Å². The van der Waals surface area contributed by atoms with Crippen LogP contribution in [-0.4, -0.2) is 21.7 Å². The van der Waals surface area contributed by atoms with Crippen molar-refractivity contribution < 1.29 is 4.74 Å². The zero-order valence-corrected chi connectivity index (χ0v) is 12.6. The largest absolute Gasteiger partial charge is 0.481 e. The molecule has 0 aliphatic rings. The predicted octanol–water partition coefficient (Wildman–Crippen LogP) is 2.91. The van der Waals surface area contributed by atoms with Crippen LogP contribution in [0, 0.1) is 20.8 Å². The predicted molar refractivity (Wildman–Crippen MR) is 83.6 cm³/mol. The van der Waals surface area contributed by atoms with Crippen molar-refractivity contribution in [2.24, 2.45) is 0 Å². The van der Waals surface area contributed by atoms with Crippen molar-refractivity contribution in [3.05, 3.63) is 41.2 Å². The summed E-state index contributed by atoms with van der Waals surface area (Å²) in [6.45, 7) is 5.96. The van der Waals surface area contributed by atoms with E-state index >= 15 is 0 Å². The van der Waals surface area contributed by atoms with Crippen LogP contribution in [0.25, 0.3) is 16.8 Å². The maximum absolute atomic E-state index is 6.10. The van der Waals surface area contributed by atoms with Gasteiger partial charge in [-0.25, -0.2) is 9.50 Å². The first-order chi connectivity index (χ1) is 10.0. The van der Waals surface area contributed by atoms with Gasteiger partial charge in [-0.3, -0.25) is 0 Å². The van der Waals surface area contributed by atoms with Crippen molar-refractivity contribution in [1.29, 1.82) is 0 Å². The third-order valence-electron chi connectivity index (χ3n) is 3.61. The summed E-state index contributed by atoms with van der Waals surface area (Å²) >= 11 is 0. The highest BCUT2D eigenvalue weighted by molar-refractivity contribution is 5.79. The molecule has 0 fully saturated rings. The summed E-state index contributed by atoms with van der Waals surface area (Å²) in [5.74, 6) is 0.610. The summed E-state index contributed by atoms with van der Waals surface area (Å²) < 4.78 is 7.07. The molecule has 0 saturated carbocycles. The molecular weight excluding hydrogens is 264 g/mol. The van der Waals surface area contributed by atoms with E-state index in [1.54, 1.807) is 7.11 Å². The monoisotopic (exact) mass is 282 g/mol. The maximum atomic E-state index is 6.10. The Balaban J connectivity index is 2.32. The summed E-state index contributed by atoms with van der Waals surface area (Å²) in [6.07, 6.45) is 0. The quantitative estimate of drug-likeness (QED) is 0.785. The Bertz CT molecular complexity index is 836. The fourth-order valence-corrected chi connectivity index (χ4v) is 2.65. The average Bonchev–Trinajstić information content (AvgIpc) is 2.75. The van der Waals surface area contributed by atoms with Gasteiger partial charge in [0.1, 0.15) is 0 Å². The molecular formula is C16H18N4O. The number of hydrogen-bond acceptors (Lipinski definition) is 4. The minimum Gasteiger partial charge on any atom is -0.481 e. The van der Waals surface area contributed by atoms with Crippen LogP contribution in [0.1, 0.15) is 17.0 Å². The second-order valence-electron chi connectivity index (χ2n) is 5.20. The van der Waals surface area contributed by atoms with E-state index < -0.39 is 0 Å². The van der Waals surface area contributed by atoms with Crippen molar-refractivity contribution in [2.45, 2.75) is 20.8 Å². The van der Waals surface area contributed by atoms with Gasteiger partial charge in [-0.15, -0.1) is 0 Å². The summed E-state index contributed by atoms with van der Waals surface area (Å²) in [6, 6.07) is 7.81. The van der Waals surface area contributed by atoms with E-state index in [9.17, 15) is 0 Å². The number of hydrogen-bond donors (Lipinski definition) is 1. The molecule has 0 saturated heterocycles. The molecule has 0 bridgehead atoms. The minimum absolute atomic E-state index is 0.610. The number of nitrogens with two attached hydrogens (primary N) is 1. The fraction of sp³-hybridized carbons (Fsp3) is 0.250. The Hall–Kier alpha value is -2.56. The van der Waals surface area contributed by atoms with Crippen LogP contribution >= 0.6 is 0 Å². The molecule has 0 aliphatic heterocycles. The van der Waals surface area contributed by atoms with E-state index in [1.165, 1.54) is 0 Å². The van der Waals surface area contributed by atoms with Gasteiger partial charge < -0.3 is 10.5 Å². The number of anilines is 1. The second-order valence-corrected chi connectivity index (χ2v) is 5.20. The van der Waals surface area contributed by atoms with Gasteiger partial charge in [0.05, 0.1) is 35.4 Å². The van der Waals surface area contributed by atoms with Crippen molar-refractivity contribution in [1.82, 2.24) is 14.6 Å². The van der Waals surface area contributed by atoms with E-state index in [0.29, 0.717) is 5.88 Å². The Labute approximate surface area is 123 Å². The van der Waals surface area contributed by atoms with E-state index in [1.807, 2.05) is 36.6 Å². The molecule has 3 aromatic rings. The fourth-order valence-electron chi connectivity index (χ4n) is 2.65. The number of fused-ring (bicyclic) bond motifs is 1. The highest BCUT2D eigenvalue weighted by Gasteiger charge is 2.15. The van der Waals surface area contributed by atoms with E-state index in [2.05, 4.69) is 23.1 Å². The van der Waals surface area contributed by atoms with Gasteiger partial charge in [0.25, 0.3) is 0 Å². The molecule has 0 unspecified atom stereocenters. The molecule has 21 heavy (non-hydrogen) atoms. The first-order valence-corrected chi connectivity index (χ1v) is 6.78. The number of rotatable bonds is 2. The Morgan fingerprint density at radius 3 is 2.57 bits per heavy atom. The lowest BCUT2D eigenvalue weighted by Gasteiger charge is -2.09. The van der Waals surface area contributed by atoms with Crippen molar-refractivity contribution in [3.8, 4) is 17.1 Å². The Morgan fingerprint density at radius 1 is 1.14 bits per heavy atom. The van der Waals surface area contributed by atoms with Gasteiger partial charge in [-0.1, -0.05) is 0 Å². The van der Waals surface area contributed by atoms with Crippen LogP contribution in [0.15, 0.2) is 24.3 Å². The lowest BCUT2D eigenvalue weighted by molar-refractivity contribution is 0.397. The van der Waals surface area contributed by atoms with Gasteiger partial charge in [-0.05, 0) is 44.5 Å². The van der Waals surface area contributed by atoms with Crippen molar-refractivity contribution in [2.75, 3.05) is 12.8 Å². The van der Waals surface area contributed by atoms with Crippen LogP contribution in [0.3, 0.4) is 0 Å². The smallest absolute Gasteiger partial charge is 0.213 e. The van der Waals surface area contributed by atoms with Crippen LogP contribution in [-0.2, 0) is 0 Å². The summed E-state index contributed by atoms with van der Waals surface area (Å²) in [7, 11) is 1.62. The number of aromatic nitrogens is 3. The molecule has 3 aromatic heterocycles. The molecule has 2 N–H and O–H groups in total. The molecule has 3 heterocycles. The molecule has 0 radical (unpaired) electrons. The van der Waals surface area contributed by atoms with Crippen molar-refractivity contribution >= 4 is 11.2 Å². The summed E-state index contributed by atoms with van der Waals surface area (Å²) in [5.41, 5.74) is 12.7. The molecule has 0 atom stereocenters. The summed E-state index contributed by atoms with van der Waals surface area (Å²) in [5, 5.41) is 4.59. The minimum atomic E-state index is 0.610. The van der Waals surface area contributed by atoms with Gasteiger partial charge in [0.15, 0.2) is 0 Å². The highest BCUT2D eigenvalue weighted by atomic mass is 16.5. The van der Waals surface area contributed by atoms with Crippen molar-refractivity contribution in [3.63, 3.8) is 0 Å². The first-order valence-electron chi connectivity index (χ1n) is 6.78. The number of methoxy groups -OCH3 is 1. The standard InChI is InChI=1S/C16H18N4O/c1-9-7-14-13(17)8-10(2)19-20(14)16(9)12-5-6-15(21-4)18-11(12)3/h5-8H,17H2,1-4H3. The molecule has 0 spiro atoms. The van der Waals surface area contributed by atoms with Gasteiger partial charge in [0, 0.05) is 11.6 Å². The topological polar surface area (TPSA) is 65.4 Å². The number of aryl methyl sites for hydroxylation is 3. The highest BCUT2D eigenvalue weighted by Crippen LogP contribution is 2.31. The lowest BCUT2D eigenvalue weighted by atomic mass is 10.1. The Morgan fingerprint density at radius 2 is 1.90 bits per heavy atom.